The van der Waals surface area contributed by atoms with Gasteiger partial charge in [-0.15, -0.1) is 0 Å². The summed E-state index contributed by atoms with van der Waals surface area (Å²) in [5, 5.41) is 0. The summed E-state index contributed by atoms with van der Waals surface area (Å²) in [4.78, 5) is 4.74. The van der Waals surface area contributed by atoms with Crippen molar-refractivity contribution in [1.82, 2.24) is 0 Å². The number of benzene rings is 6. The van der Waals surface area contributed by atoms with E-state index in [0.717, 1.165) is 48.3 Å². The molecule has 0 N–H and O–H groups in total. The molecule has 0 aliphatic carbocycles. The van der Waals surface area contributed by atoms with Crippen LogP contribution in [0.15, 0.2) is 146 Å². The topological polar surface area (TPSA) is 6.48 Å². The normalized spacial score (nSPS) is 13.6. The summed E-state index contributed by atoms with van der Waals surface area (Å²) in [7, 11) is 2.30. The van der Waals surface area contributed by atoms with Crippen LogP contribution in [0.25, 0.3) is 11.1 Å². The molecule has 6 aromatic rings. The summed E-state index contributed by atoms with van der Waals surface area (Å²) in [5.41, 5.74) is 15.0. The molecule has 0 aliphatic heterocycles. The molecule has 0 heterocycles. The predicted octanol–water partition coefficient (Wildman–Crippen LogP) is 14.3. The van der Waals surface area contributed by atoms with Gasteiger partial charge in [-0.25, -0.2) is 0 Å². The lowest BCUT2D eigenvalue weighted by Crippen LogP contribution is -2.20. The number of aryl methyl sites for hydroxylation is 1. The van der Waals surface area contributed by atoms with Gasteiger partial charge in [0.25, 0.3) is 0 Å². The average Bonchev–Trinajstić information content (AvgIpc) is 3.22. The third-order valence-corrected chi connectivity index (χ3v) is 11.9. The van der Waals surface area contributed by atoms with E-state index in [4.69, 9.17) is 0 Å². The number of hydrogen-bond acceptors (Lipinski definition) is 2. The minimum atomic E-state index is 0.188. The van der Waals surface area contributed by atoms with E-state index in [2.05, 4.69) is 212 Å². The monoisotopic (exact) mass is 696 g/mol. The lowest BCUT2D eigenvalue weighted by molar-refractivity contribution is 0.506. The molecule has 2 nitrogen and oxygen atoms in total. The number of nitrogens with zero attached hydrogens (tertiary/aromatic N) is 2. The standard InChI is InChI=1S/C50H57BN2/c1-8-37(5)39-13-25-45(26-14-39)52(44-23-11-36(4)12-24-44)47-29-17-41(18-30-47)42-19-31-48(32-20-42)53(46-27-15-40(16-28-46)38(6)9-2)49-33-21-43(22-34-49)50(7,10-3)35-51/h11-34,37-38H,8-10,35,51H2,1-7H3. The van der Waals surface area contributed by atoms with Crippen molar-refractivity contribution in [2.24, 2.45) is 0 Å². The fourth-order valence-corrected chi connectivity index (χ4v) is 7.24. The first-order valence-corrected chi connectivity index (χ1v) is 19.9. The van der Waals surface area contributed by atoms with Crippen LogP contribution in [-0.4, -0.2) is 7.85 Å². The molecule has 3 heteroatoms. The third-order valence-electron chi connectivity index (χ3n) is 11.9. The fourth-order valence-electron chi connectivity index (χ4n) is 7.24. The Morgan fingerprint density at radius 2 is 0.774 bits per heavy atom. The lowest BCUT2D eigenvalue weighted by Gasteiger charge is -2.30. The molecular formula is C50H57BN2. The second-order valence-electron chi connectivity index (χ2n) is 15.2. The van der Waals surface area contributed by atoms with Gasteiger partial charge in [-0.2, -0.15) is 0 Å². The zero-order valence-corrected chi connectivity index (χ0v) is 33.2. The van der Waals surface area contributed by atoms with Crippen LogP contribution in [0.5, 0.6) is 0 Å². The Hall–Kier alpha value is -5.02. The van der Waals surface area contributed by atoms with Crippen LogP contribution >= 0.6 is 0 Å². The van der Waals surface area contributed by atoms with E-state index >= 15 is 0 Å². The maximum Gasteiger partial charge on any atom is 0.102 e. The Kier molecular flexibility index (Phi) is 11.9. The van der Waals surface area contributed by atoms with Gasteiger partial charge in [0.1, 0.15) is 7.85 Å². The van der Waals surface area contributed by atoms with E-state index in [1.54, 1.807) is 0 Å². The second kappa shape index (κ2) is 16.8. The highest BCUT2D eigenvalue weighted by Gasteiger charge is 2.23. The second-order valence-corrected chi connectivity index (χ2v) is 15.2. The molecule has 6 rings (SSSR count). The van der Waals surface area contributed by atoms with Crippen LogP contribution in [0.3, 0.4) is 0 Å². The Labute approximate surface area is 320 Å². The van der Waals surface area contributed by atoms with E-state index in [-0.39, 0.29) is 5.41 Å². The highest BCUT2D eigenvalue weighted by Crippen LogP contribution is 2.40. The first-order chi connectivity index (χ1) is 25.7. The molecular weight excluding hydrogens is 639 g/mol. The van der Waals surface area contributed by atoms with Gasteiger partial charge >= 0.3 is 0 Å². The van der Waals surface area contributed by atoms with Crippen LogP contribution in [-0.2, 0) is 5.41 Å². The molecule has 0 spiro atoms. The van der Waals surface area contributed by atoms with Crippen LogP contribution in [0, 0.1) is 6.92 Å². The smallest absolute Gasteiger partial charge is 0.102 e. The van der Waals surface area contributed by atoms with E-state index < -0.39 is 0 Å². The molecule has 0 saturated carbocycles. The molecule has 6 aromatic carbocycles. The molecule has 3 atom stereocenters. The molecule has 0 aliphatic rings. The predicted molar refractivity (Wildman–Crippen MR) is 234 cm³/mol. The summed E-state index contributed by atoms with van der Waals surface area (Å²) in [5.74, 6) is 1.09. The van der Waals surface area contributed by atoms with Gasteiger partial charge in [-0.05, 0) is 144 Å². The van der Waals surface area contributed by atoms with E-state index in [1.807, 2.05) is 0 Å². The molecule has 0 radical (unpaired) electrons. The van der Waals surface area contributed by atoms with Crippen LogP contribution in [0.2, 0.25) is 6.32 Å². The summed E-state index contributed by atoms with van der Waals surface area (Å²) in [6, 6.07) is 54.4. The van der Waals surface area contributed by atoms with Crippen molar-refractivity contribution in [3.8, 4) is 11.1 Å². The van der Waals surface area contributed by atoms with Crippen molar-refractivity contribution in [1.29, 1.82) is 0 Å². The Bertz CT molecular complexity index is 2030. The molecule has 0 bridgehead atoms. The van der Waals surface area contributed by atoms with Crippen molar-refractivity contribution >= 4 is 42.0 Å². The third kappa shape index (κ3) is 8.31. The van der Waals surface area contributed by atoms with Gasteiger partial charge in [-0.3, -0.25) is 0 Å². The molecule has 3 unspecified atom stereocenters. The van der Waals surface area contributed by atoms with Gasteiger partial charge in [0.15, 0.2) is 0 Å². The first-order valence-electron chi connectivity index (χ1n) is 19.9. The summed E-state index contributed by atoms with van der Waals surface area (Å²) >= 11 is 0. The molecule has 0 fully saturated rings. The summed E-state index contributed by atoms with van der Waals surface area (Å²) in [6.45, 7) is 15.9. The highest BCUT2D eigenvalue weighted by molar-refractivity contribution is 6.09. The van der Waals surface area contributed by atoms with Crippen LogP contribution in [0.4, 0.5) is 34.1 Å². The van der Waals surface area contributed by atoms with Gasteiger partial charge in [-0.1, -0.05) is 126 Å². The minimum absolute atomic E-state index is 0.188. The maximum atomic E-state index is 2.39. The van der Waals surface area contributed by atoms with Gasteiger partial charge in [0.2, 0.25) is 0 Å². The van der Waals surface area contributed by atoms with Gasteiger partial charge < -0.3 is 9.80 Å². The molecule has 0 saturated heterocycles. The van der Waals surface area contributed by atoms with Crippen molar-refractivity contribution in [2.75, 3.05) is 9.80 Å². The van der Waals surface area contributed by atoms with Crippen LogP contribution in [0.1, 0.15) is 94.9 Å². The van der Waals surface area contributed by atoms with Crippen LogP contribution < -0.4 is 9.80 Å². The Balaban J connectivity index is 1.32. The molecule has 0 aromatic heterocycles. The van der Waals surface area contributed by atoms with Crippen molar-refractivity contribution < 1.29 is 0 Å². The zero-order chi connectivity index (χ0) is 37.5. The Morgan fingerprint density at radius 1 is 0.472 bits per heavy atom. The van der Waals surface area contributed by atoms with Gasteiger partial charge in [0, 0.05) is 34.1 Å². The van der Waals surface area contributed by atoms with Crippen molar-refractivity contribution in [3.63, 3.8) is 0 Å². The van der Waals surface area contributed by atoms with E-state index in [0.29, 0.717) is 11.8 Å². The Morgan fingerprint density at radius 3 is 1.08 bits per heavy atom. The zero-order valence-electron chi connectivity index (χ0n) is 33.2. The molecule has 53 heavy (non-hydrogen) atoms. The SMILES string of the molecule is BCC(C)(CC)c1ccc(N(c2ccc(-c3ccc(N(c4ccc(C)cc4)c4ccc(C(C)CC)cc4)cc3)cc2)c2ccc(C(C)CC)cc2)cc1. The first kappa shape index (κ1) is 37.7. The summed E-state index contributed by atoms with van der Waals surface area (Å²) < 4.78 is 0. The van der Waals surface area contributed by atoms with Crippen molar-refractivity contribution in [3.05, 3.63) is 168 Å². The maximum absolute atomic E-state index is 2.39. The number of hydrogen-bond donors (Lipinski definition) is 0. The minimum Gasteiger partial charge on any atom is -0.311 e. The van der Waals surface area contributed by atoms with E-state index in [9.17, 15) is 0 Å². The van der Waals surface area contributed by atoms with E-state index in [1.165, 1.54) is 44.8 Å². The largest absolute Gasteiger partial charge is 0.311 e. The number of rotatable bonds is 14. The fraction of sp³-hybridized carbons (Fsp3) is 0.280. The quantitative estimate of drug-likeness (QED) is 0.105. The number of anilines is 6. The summed E-state index contributed by atoms with van der Waals surface area (Å²) in [6.07, 6.45) is 4.52. The molecule has 0 amide bonds. The van der Waals surface area contributed by atoms with Crippen molar-refractivity contribution in [2.45, 2.75) is 91.3 Å². The average molecular weight is 697 g/mol. The van der Waals surface area contributed by atoms with Gasteiger partial charge in [0.05, 0.1) is 0 Å². The molecule has 270 valence electrons. The lowest BCUT2D eigenvalue weighted by atomic mass is 9.71. The highest BCUT2D eigenvalue weighted by atomic mass is 15.1.